The molecule has 0 aliphatic rings. The van der Waals surface area contributed by atoms with E-state index in [1.54, 1.807) is 24.3 Å². The molecule has 1 rings (SSSR count). The second-order valence-electron chi connectivity index (χ2n) is 2.10. The maximum atomic E-state index is 10.5. The van der Waals surface area contributed by atoms with E-state index in [4.69, 9.17) is 16.7 Å². The number of halogens is 1. The Morgan fingerprint density at radius 3 is 2.31 bits per heavy atom. The van der Waals surface area contributed by atoms with Gasteiger partial charge in [0, 0.05) is 5.88 Å². The van der Waals surface area contributed by atoms with Crippen LogP contribution < -0.4 is 0 Å². The summed E-state index contributed by atoms with van der Waals surface area (Å²) in [4.78, 5) is 10.5. The fourth-order valence-corrected chi connectivity index (χ4v) is 1.08. The summed E-state index contributed by atoms with van der Waals surface area (Å²) in [5, 5.41) is 8.64. The van der Waals surface area contributed by atoms with Crippen molar-refractivity contribution in [3.8, 4) is 0 Å². The first kappa shape index (κ1) is 17.2. The Bertz CT molecular complexity index is 281. The number of hydrogen-bond acceptors (Lipinski definition) is 1. The third-order valence-corrected chi connectivity index (χ3v) is 1.68. The summed E-state index contributed by atoms with van der Waals surface area (Å²) in [5.41, 5.74) is 0.934. The van der Waals surface area contributed by atoms with E-state index in [0.717, 1.165) is 0 Å². The van der Waals surface area contributed by atoms with Crippen LogP contribution in [0.3, 0.4) is 0 Å². The van der Waals surface area contributed by atoms with Crippen LogP contribution in [0.1, 0.15) is 15.9 Å². The number of rotatable bonds is 2. The second-order valence-corrected chi connectivity index (χ2v) is 2.36. The molecule has 66 valence electrons. The molecule has 0 aliphatic carbocycles. The Hall–Kier alpha value is 1.81. The predicted molar refractivity (Wildman–Crippen MR) is 60.0 cm³/mol. The van der Waals surface area contributed by atoms with Crippen LogP contribution in [0.15, 0.2) is 24.3 Å². The molecule has 2 nitrogen and oxygen atoms in total. The molecule has 0 unspecified atom stereocenters. The zero-order valence-corrected chi connectivity index (χ0v) is 6.51. The standard InChI is InChI=1S/C8H7ClO2.Ba.Ca.4H/c9-5-6-3-1-2-4-7(6)8(10)11;;;;;;/h1-4H,5H2,(H,10,11);;;;;;. The van der Waals surface area contributed by atoms with Crippen molar-refractivity contribution in [1.82, 2.24) is 0 Å². The first-order valence-electron chi connectivity index (χ1n) is 3.13. The second kappa shape index (κ2) is 9.07. The van der Waals surface area contributed by atoms with Crippen molar-refractivity contribution < 1.29 is 9.90 Å². The van der Waals surface area contributed by atoms with Gasteiger partial charge in [-0.2, -0.15) is 0 Å². The molecule has 1 aromatic rings. The zero-order chi connectivity index (χ0) is 8.27. The van der Waals surface area contributed by atoms with Crippen molar-refractivity contribution in [3.05, 3.63) is 35.4 Å². The van der Waals surface area contributed by atoms with Crippen molar-refractivity contribution in [3.63, 3.8) is 0 Å². The predicted octanol–water partition coefficient (Wildman–Crippen LogP) is 0.291. The zero-order valence-electron chi connectivity index (χ0n) is 5.75. The van der Waals surface area contributed by atoms with Gasteiger partial charge >= 0.3 is 92.6 Å². The van der Waals surface area contributed by atoms with E-state index in [9.17, 15) is 4.79 Å². The van der Waals surface area contributed by atoms with Crippen LogP contribution in [0.5, 0.6) is 0 Å². The molecule has 0 aromatic heterocycles. The van der Waals surface area contributed by atoms with E-state index >= 15 is 0 Å². The molecule has 0 saturated carbocycles. The van der Waals surface area contributed by atoms with Gasteiger partial charge in [0.15, 0.2) is 0 Å². The molecule has 1 aromatic carbocycles. The van der Waals surface area contributed by atoms with Gasteiger partial charge in [-0.25, -0.2) is 4.79 Å². The molecule has 13 heavy (non-hydrogen) atoms. The molecule has 0 bridgehead atoms. The van der Waals surface area contributed by atoms with Gasteiger partial charge in [-0.3, -0.25) is 0 Å². The van der Waals surface area contributed by atoms with Crippen LogP contribution in [0.4, 0.5) is 0 Å². The summed E-state index contributed by atoms with van der Waals surface area (Å²) in [6.45, 7) is 0. The monoisotopic (exact) mass is 352 g/mol. The van der Waals surface area contributed by atoms with E-state index in [-0.39, 0.29) is 98.1 Å². The van der Waals surface area contributed by atoms with Gasteiger partial charge in [-0.15, -0.1) is 11.6 Å². The van der Waals surface area contributed by atoms with E-state index in [1.165, 1.54) is 0 Å². The van der Waals surface area contributed by atoms with Crippen molar-refractivity contribution >= 4 is 104 Å². The Labute approximate surface area is 152 Å². The average molecular weight is 352 g/mol. The van der Waals surface area contributed by atoms with Crippen LogP contribution in [0, 0.1) is 0 Å². The molecule has 5 heteroatoms. The summed E-state index contributed by atoms with van der Waals surface area (Å²) >= 11 is 5.51. The van der Waals surface area contributed by atoms with Gasteiger partial charge in [0.05, 0.1) is 5.56 Å². The van der Waals surface area contributed by atoms with Crippen LogP contribution in [0.2, 0.25) is 0 Å². The van der Waals surface area contributed by atoms with Crippen molar-refractivity contribution in [2.45, 2.75) is 5.88 Å². The Kier molecular flexibility index (Phi) is 12.0. The van der Waals surface area contributed by atoms with Gasteiger partial charge in [0.2, 0.25) is 0 Å². The van der Waals surface area contributed by atoms with E-state index in [2.05, 4.69) is 0 Å². The van der Waals surface area contributed by atoms with Crippen LogP contribution in [-0.4, -0.2) is 97.7 Å². The third-order valence-electron chi connectivity index (χ3n) is 1.39. The molecule has 0 amide bonds. The Morgan fingerprint density at radius 1 is 1.38 bits per heavy atom. The van der Waals surface area contributed by atoms with E-state index < -0.39 is 5.97 Å². The fourth-order valence-electron chi connectivity index (χ4n) is 0.845. The maximum absolute atomic E-state index is 10.5. The molecule has 0 heterocycles. The average Bonchev–Trinajstić information content (AvgIpc) is 2.04. The number of hydrogen-bond donors (Lipinski definition) is 1. The topological polar surface area (TPSA) is 37.3 Å². The fraction of sp³-hybridized carbons (Fsp3) is 0.125. The van der Waals surface area contributed by atoms with Gasteiger partial charge in [-0.1, -0.05) is 18.2 Å². The van der Waals surface area contributed by atoms with Crippen molar-refractivity contribution in [2.75, 3.05) is 0 Å². The van der Waals surface area contributed by atoms with Crippen molar-refractivity contribution in [2.24, 2.45) is 0 Å². The Balaban J connectivity index is 0. The van der Waals surface area contributed by atoms with Crippen LogP contribution in [0.25, 0.3) is 0 Å². The number of alkyl halides is 1. The third kappa shape index (κ3) is 5.44. The number of carboxylic acid groups (broad SMARTS) is 1. The molecule has 0 fully saturated rings. The normalized spacial score (nSPS) is 8.08. The first-order valence-corrected chi connectivity index (χ1v) is 3.66. The minimum absolute atomic E-state index is 0. The minimum atomic E-state index is -0.929. The number of benzene rings is 1. The first-order chi connectivity index (χ1) is 5.25. The van der Waals surface area contributed by atoms with Gasteiger partial charge < -0.3 is 5.11 Å². The van der Waals surface area contributed by atoms with Gasteiger partial charge in [-0.05, 0) is 11.6 Å². The molecule has 0 aliphatic heterocycles. The molecule has 0 saturated heterocycles. The van der Waals surface area contributed by atoms with Crippen molar-refractivity contribution in [1.29, 1.82) is 0 Å². The van der Waals surface area contributed by atoms with Crippen LogP contribution in [-0.2, 0) is 5.88 Å². The number of aromatic carboxylic acids is 1. The molecule has 0 spiro atoms. The molecular weight excluding hydrogens is 341 g/mol. The molecule has 1 N–H and O–H groups in total. The number of carbonyl (C=O) groups is 1. The van der Waals surface area contributed by atoms with E-state index in [0.29, 0.717) is 5.56 Å². The Morgan fingerprint density at radius 2 is 1.92 bits per heavy atom. The number of carboxylic acids is 1. The molecular formula is C8H11BaCaClO2. The summed E-state index contributed by atoms with van der Waals surface area (Å²) in [6.07, 6.45) is 0. The van der Waals surface area contributed by atoms with Gasteiger partial charge in [0.1, 0.15) is 0 Å². The summed E-state index contributed by atoms with van der Waals surface area (Å²) < 4.78 is 0. The molecule has 0 radical (unpaired) electrons. The molecule has 0 atom stereocenters. The van der Waals surface area contributed by atoms with Crippen LogP contribution >= 0.6 is 11.6 Å². The van der Waals surface area contributed by atoms with Gasteiger partial charge in [0.25, 0.3) is 0 Å². The summed E-state index contributed by atoms with van der Waals surface area (Å²) in [5.74, 6) is -0.691. The van der Waals surface area contributed by atoms with E-state index in [1.807, 2.05) is 0 Å². The summed E-state index contributed by atoms with van der Waals surface area (Å²) in [7, 11) is 0. The summed E-state index contributed by atoms with van der Waals surface area (Å²) in [6, 6.07) is 6.69. The quantitative estimate of drug-likeness (QED) is 0.614. The SMILES string of the molecule is O=C(O)c1ccccc1CCl.[BaH2].[CaH2].